The highest BCUT2D eigenvalue weighted by Crippen LogP contribution is 2.20. The van der Waals surface area contributed by atoms with Crippen molar-refractivity contribution in [3.63, 3.8) is 0 Å². The summed E-state index contributed by atoms with van der Waals surface area (Å²) in [6.07, 6.45) is -4.39. The molecule has 0 fully saturated rings. The Morgan fingerprint density at radius 1 is 1.30 bits per heavy atom. The van der Waals surface area contributed by atoms with Crippen LogP contribution in [0.5, 0.6) is 0 Å². The van der Waals surface area contributed by atoms with Crippen molar-refractivity contribution in [3.05, 3.63) is 29.8 Å². The number of carbonyl (C=O) groups is 2. The third-order valence-electron chi connectivity index (χ3n) is 2.85. The van der Waals surface area contributed by atoms with E-state index < -0.39 is 12.1 Å². The Bertz CT molecular complexity index is 629. The molecule has 124 valence electrons. The zero-order valence-electron chi connectivity index (χ0n) is 12.7. The van der Waals surface area contributed by atoms with Crippen LogP contribution >= 0.6 is 0 Å². The minimum atomic E-state index is -4.96. The zero-order valence-corrected chi connectivity index (χ0v) is 12.7. The van der Waals surface area contributed by atoms with Crippen LogP contribution in [0, 0.1) is 17.8 Å². The first-order valence-electron chi connectivity index (χ1n) is 6.77. The van der Waals surface area contributed by atoms with Crippen molar-refractivity contribution in [2.75, 3.05) is 12.4 Å². The number of rotatable bonds is 4. The van der Waals surface area contributed by atoms with Crippen molar-refractivity contribution in [2.45, 2.75) is 25.9 Å². The topological polar surface area (TPSA) is 55.4 Å². The lowest BCUT2D eigenvalue weighted by atomic mass is 10.0. The standard InChI is InChI=1S/C16H16F3NO3/c1-11(10-14(21)23-2)6-5-8-12-7-3-4-9-13(12)20-15(22)16(17,18)19/h3-4,7,9,11H,6,10H2,1-2H3,(H,20,22)/t11-/m1/s1. The highest BCUT2D eigenvalue weighted by molar-refractivity contribution is 5.96. The molecule has 0 aliphatic carbocycles. The van der Waals surface area contributed by atoms with Crippen LogP contribution in [0.3, 0.4) is 0 Å². The molecule has 0 aliphatic rings. The van der Waals surface area contributed by atoms with E-state index in [2.05, 4.69) is 16.6 Å². The molecule has 0 bridgehead atoms. The van der Waals surface area contributed by atoms with Crippen molar-refractivity contribution in [2.24, 2.45) is 5.92 Å². The van der Waals surface area contributed by atoms with Gasteiger partial charge in [0.05, 0.1) is 12.8 Å². The molecular weight excluding hydrogens is 311 g/mol. The number of hydrogen-bond donors (Lipinski definition) is 1. The van der Waals surface area contributed by atoms with E-state index in [-0.39, 0.29) is 29.6 Å². The predicted octanol–water partition coefficient (Wildman–Crippen LogP) is 3.13. The van der Waals surface area contributed by atoms with Gasteiger partial charge >= 0.3 is 18.1 Å². The van der Waals surface area contributed by atoms with Crippen molar-refractivity contribution < 1.29 is 27.5 Å². The lowest BCUT2D eigenvalue weighted by Crippen LogP contribution is -2.30. The number of amides is 1. The molecule has 1 aromatic carbocycles. The Hall–Kier alpha value is -2.49. The molecule has 7 heteroatoms. The van der Waals surface area contributed by atoms with Gasteiger partial charge in [0.15, 0.2) is 0 Å². The van der Waals surface area contributed by atoms with Crippen LogP contribution in [-0.4, -0.2) is 25.2 Å². The summed E-state index contributed by atoms with van der Waals surface area (Å²) in [5.74, 6) is 3.05. The van der Waals surface area contributed by atoms with Crippen LogP contribution in [0.1, 0.15) is 25.3 Å². The second kappa shape index (κ2) is 8.22. The summed E-state index contributed by atoms with van der Waals surface area (Å²) in [7, 11) is 1.29. The Kier molecular flexibility index (Phi) is 6.64. The van der Waals surface area contributed by atoms with Gasteiger partial charge in [-0.05, 0) is 18.1 Å². The number of hydrogen-bond acceptors (Lipinski definition) is 3. The van der Waals surface area contributed by atoms with Gasteiger partial charge in [-0.15, -0.1) is 0 Å². The van der Waals surface area contributed by atoms with E-state index in [0.29, 0.717) is 6.42 Å². The number of esters is 1. The molecule has 0 unspecified atom stereocenters. The summed E-state index contributed by atoms with van der Waals surface area (Å²) in [5, 5.41) is 1.79. The maximum Gasteiger partial charge on any atom is 0.471 e. The highest BCUT2D eigenvalue weighted by Gasteiger charge is 2.38. The molecule has 23 heavy (non-hydrogen) atoms. The second-order valence-corrected chi connectivity index (χ2v) is 4.89. The SMILES string of the molecule is COC(=O)C[C@H](C)CC#Cc1ccccc1NC(=O)C(F)(F)F. The van der Waals surface area contributed by atoms with Gasteiger partial charge < -0.3 is 10.1 Å². The summed E-state index contributed by atoms with van der Waals surface area (Å²) in [4.78, 5) is 22.1. The van der Waals surface area contributed by atoms with Gasteiger partial charge in [-0.3, -0.25) is 9.59 Å². The van der Waals surface area contributed by atoms with Gasteiger partial charge in [-0.25, -0.2) is 0 Å². The van der Waals surface area contributed by atoms with Crippen LogP contribution in [0.25, 0.3) is 0 Å². The number of nitrogens with one attached hydrogen (secondary N) is 1. The van der Waals surface area contributed by atoms with E-state index in [4.69, 9.17) is 0 Å². The first-order valence-corrected chi connectivity index (χ1v) is 6.77. The molecule has 0 aromatic heterocycles. The molecule has 0 spiro atoms. The average Bonchev–Trinajstić information content (AvgIpc) is 2.47. The maximum absolute atomic E-state index is 12.3. The lowest BCUT2D eigenvalue weighted by Gasteiger charge is -2.09. The number of ether oxygens (including phenoxy) is 1. The molecule has 4 nitrogen and oxygen atoms in total. The summed E-state index contributed by atoms with van der Waals surface area (Å²) in [6, 6.07) is 5.94. The summed E-state index contributed by atoms with van der Waals surface area (Å²) >= 11 is 0. The number of anilines is 1. The van der Waals surface area contributed by atoms with E-state index in [1.165, 1.54) is 25.3 Å². The minimum absolute atomic E-state index is 0.0112. The molecule has 1 amide bonds. The van der Waals surface area contributed by atoms with E-state index in [1.54, 1.807) is 11.4 Å². The normalized spacial score (nSPS) is 11.9. The predicted molar refractivity (Wildman–Crippen MR) is 78.4 cm³/mol. The largest absolute Gasteiger partial charge is 0.471 e. The fraction of sp³-hybridized carbons (Fsp3) is 0.375. The van der Waals surface area contributed by atoms with Crippen LogP contribution in [0.2, 0.25) is 0 Å². The third-order valence-corrected chi connectivity index (χ3v) is 2.85. The molecule has 0 heterocycles. The monoisotopic (exact) mass is 327 g/mol. The fourth-order valence-corrected chi connectivity index (χ4v) is 1.65. The van der Waals surface area contributed by atoms with Gasteiger partial charge in [-0.2, -0.15) is 13.2 Å². The fourth-order valence-electron chi connectivity index (χ4n) is 1.65. The molecule has 1 rings (SSSR count). The number of benzene rings is 1. The van der Waals surface area contributed by atoms with Crippen molar-refractivity contribution >= 4 is 17.6 Å². The average molecular weight is 327 g/mol. The number of para-hydroxylation sites is 1. The molecule has 0 aliphatic heterocycles. The quantitative estimate of drug-likeness (QED) is 0.683. The Morgan fingerprint density at radius 2 is 1.96 bits per heavy atom. The third kappa shape index (κ3) is 6.43. The second-order valence-electron chi connectivity index (χ2n) is 4.89. The number of alkyl halides is 3. The van der Waals surface area contributed by atoms with Crippen molar-refractivity contribution in [1.29, 1.82) is 0 Å². The number of halogens is 3. The van der Waals surface area contributed by atoms with Gasteiger partial charge in [0, 0.05) is 18.4 Å². The Morgan fingerprint density at radius 3 is 2.57 bits per heavy atom. The highest BCUT2D eigenvalue weighted by atomic mass is 19.4. The van der Waals surface area contributed by atoms with Gasteiger partial charge in [0.2, 0.25) is 0 Å². The molecule has 0 radical (unpaired) electrons. The van der Waals surface area contributed by atoms with Crippen LogP contribution in [0.15, 0.2) is 24.3 Å². The Labute approximate surface area is 132 Å². The van der Waals surface area contributed by atoms with E-state index in [1.807, 2.05) is 6.92 Å². The maximum atomic E-state index is 12.3. The molecule has 0 saturated heterocycles. The number of carbonyl (C=O) groups excluding carboxylic acids is 2. The summed E-state index contributed by atoms with van der Waals surface area (Å²) < 4.78 is 41.4. The van der Waals surface area contributed by atoms with Crippen molar-refractivity contribution in [3.8, 4) is 11.8 Å². The van der Waals surface area contributed by atoms with Crippen LogP contribution in [0.4, 0.5) is 18.9 Å². The molecule has 0 saturated carbocycles. The van der Waals surface area contributed by atoms with Gasteiger partial charge in [0.25, 0.3) is 0 Å². The molecule has 1 atom stereocenters. The van der Waals surface area contributed by atoms with E-state index >= 15 is 0 Å². The first kappa shape index (κ1) is 18.6. The summed E-state index contributed by atoms with van der Waals surface area (Å²) in [5.41, 5.74) is 0.262. The summed E-state index contributed by atoms with van der Waals surface area (Å²) in [6.45, 7) is 1.81. The minimum Gasteiger partial charge on any atom is -0.469 e. The van der Waals surface area contributed by atoms with Gasteiger partial charge in [-0.1, -0.05) is 30.9 Å². The van der Waals surface area contributed by atoms with Gasteiger partial charge in [0.1, 0.15) is 0 Å². The zero-order chi connectivity index (χ0) is 17.5. The molecular formula is C16H16F3NO3. The van der Waals surface area contributed by atoms with Crippen LogP contribution in [-0.2, 0) is 14.3 Å². The first-order chi connectivity index (χ1) is 10.7. The van der Waals surface area contributed by atoms with E-state index in [9.17, 15) is 22.8 Å². The Balaban J connectivity index is 2.77. The lowest BCUT2D eigenvalue weighted by molar-refractivity contribution is -0.167. The van der Waals surface area contributed by atoms with E-state index in [0.717, 1.165) is 0 Å². The molecule has 1 N–H and O–H groups in total. The number of methoxy groups -OCH3 is 1. The van der Waals surface area contributed by atoms with Crippen molar-refractivity contribution in [1.82, 2.24) is 0 Å². The smallest absolute Gasteiger partial charge is 0.469 e. The van der Waals surface area contributed by atoms with Crippen LogP contribution < -0.4 is 5.32 Å². The molecule has 1 aromatic rings.